The third kappa shape index (κ3) is 4.19. The van der Waals surface area contributed by atoms with Crippen molar-refractivity contribution in [2.75, 3.05) is 6.54 Å². The van der Waals surface area contributed by atoms with Crippen LogP contribution in [0.3, 0.4) is 0 Å². The van der Waals surface area contributed by atoms with E-state index in [0.717, 1.165) is 19.6 Å². The normalized spacial score (nSPS) is 15.0. The number of nitrogens with zero attached hydrogens (tertiary/aromatic N) is 3. The molecule has 0 aromatic carbocycles. The van der Waals surface area contributed by atoms with Gasteiger partial charge < -0.3 is 5.32 Å². The zero-order chi connectivity index (χ0) is 16.4. The average Bonchev–Trinajstić information content (AvgIpc) is 3.07. The minimum atomic E-state index is 0.171. The number of nitrogens with one attached hydrogen (secondary N) is 2. The van der Waals surface area contributed by atoms with Crippen LogP contribution in [0.1, 0.15) is 58.5 Å². The molecular weight excluding hydrogens is 274 g/mol. The topological polar surface area (TPSA) is 58.5 Å². The number of aromatic amines is 1. The summed E-state index contributed by atoms with van der Waals surface area (Å²) in [6.07, 6.45) is 3.79. The van der Waals surface area contributed by atoms with E-state index < -0.39 is 0 Å². The molecule has 0 saturated carbocycles. The van der Waals surface area contributed by atoms with Crippen molar-refractivity contribution < 1.29 is 0 Å². The zero-order valence-electron chi connectivity index (χ0n) is 14.7. The van der Waals surface area contributed by atoms with Gasteiger partial charge in [0.15, 0.2) is 0 Å². The number of hydrogen-bond donors (Lipinski definition) is 2. The Bertz CT molecular complexity index is 558. The summed E-state index contributed by atoms with van der Waals surface area (Å²) in [7, 11) is 0. The molecule has 0 bridgehead atoms. The van der Waals surface area contributed by atoms with Crippen LogP contribution in [-0.2, 0) is 23.9 Å². The van der Waals surface area contributed by atoms with Crippen molar-refractivity contribution in [3.63, 3.8) is 0 Å². The Kier molecular flexibility index (Phi) is 4.75. The van der Waals surface area contributed by atoms with Crippen LogP contribution < -0.4 is 5.32 Å². The third-order valence-corrected chi connectivity index (χ3v) is 3.80. The summed E-state index contributed by atoms with van der Waals surface area (Å²) in [6, 6.07) is 2.21. The summed E-state index contributed by atoms with van der Waals surface area (Å²) < 4.78 is 2.12. The van der Waals surface area contributed by atoms with E-state index in [1.165, 1.54) is 17.0 Å². The van der Waals surface area contributed by atoms with Crippen LogP contribution in [0.4, 0.5) is 0 Å². The second-order valence-corrected chi connectivity index (χ2v) is 7.91. The summed E-state index contributed by atoms with van der Waals surface area (Å²) in [5.74, 6) is 0. The maximum atomic E-state index is 4.60. The summed E-state index contributed by atoms with van der Waals surface area (Å²) >= 11 is 0. The predicted molar refractivity (Wildman–Crippen MR) is 89.9 cm³/mol. The molecule has 5 nitrogen and oxygen atoms in total. The maximum absolute atomic E-state index is 4.60. The van der Waals surface area contributed by atoms with E-state index in [9.17, 15) is 0 Å². The van der Waals surface area contributed by atoms with Crippen molar-refractivity contribution in [3.05, 3.63) is 35.4 Å². The molecule has 2 aromatic rings. The Labute approximate surface area is 133 Å². The number of H-pyrrole nitrogens is 1. The van der Waals surface area contributed by atoms with Gasteiger partial charge in [-0.2, -0.15) is 10.2 Å². The van der Waals surface area contributed by atoms with Gasteiger partial charge in [-0.1, -0.05) is 41.5 Å². The fourth-order valence-electron chi connectivity index (χ4n) is 2.22. The van der Waals surface area contributed by atoms with Crippen molar-refractivity contribution in [3.8, 4) is 0 Å². The van der Waals surface area contributed by atoms with Crippen LogP contribution in [0.25, 0.3) is 0 Å². The van der Waals surface area contributed by atoms with Gasteiger partial charge in [-0.3, -0.25) is 9.78 Å². The van der Waals surface area contributed by atoms with Gasteiger partial charge in [-0.15, -0.1) is 0 Å². The van der Waals surface area contributed by atoms with Crippen molar-refractivity contribution in [1.29, 1.82) is 0 Å². The van der Waals surface area contributed by atoms with Crippen molar-refractivity contribution >= 4 is 0 Å². The number of fused-ring (bicyclic) bond motifs is 1. The molecule has 2 N–H and O–H groups in total. The Hall–Kier alpha value is -1.62. The van der Waals surface area contributed by atoms with Crippen LogP contribution in [0, 0.1) is 0 Å². The van der Waals surface area contributed by atoms with Crippen LogP contribution >= 0.6 is 0 Å². The summed E-state index contributed by atoms with van der Waals surface area (Å²) in [5, 5.41) is 14.6. The summed E-state index contributed by atoms with van der Waals surface area (Å²) in [4.78, 5) is 0. The minimum absolute atomic E-state index is 0.171. The molecule has 0 amide bonds. The summed E-state index contributed by atoms with van der Waals surface area (Å²) in [6.45, 7) is 16.1. The van der Waals surface area contributed by atoms with Crippen LogP contribution in [-0.4, -0.2) is 26.5 Å². The van der Waals surface area contributed by atoms with Gasteiger partial charge in [-0.25, -0.2) is 0 Å². The number of hydrogen-bond acceptors (Lipinski definition) is 3. The largest absolute Gasteiger partial charge is 0.309 e. The quantitative estimate of drug-likeness (QED) is 0.786. The minimum Gasteiger partial charge on any atom is -0.309 e. The molecule has 3 heterocycles. The van der Waals surface area contributed by atoms with E-state index in [-0.39, 0.29) is 10.8 Å². The highest BCUT2D eigenvalue weighted by atomic mass is 15.3. The van der Waals surface area contributed by atoms with Gasteiger partial charge in [0.05, 0.1) is 24.1 Å². The lowest BCUT2D eigenvalue weighted by Gasteiger charge is -2.15. The second kappa shape index (κ2) is 6.24. The smallest absolute Gasteiger partial charge is 0.0681 e. The van der Waals surface area contributed by atoms with E-state index in [2.05, 4.69) is 72.9 Å². The van der Waals surface area contributed by atoms with E-state index in [4.69, 9.17) is 0 Å². The fourth-order valence-corrected chi connectivity index (χ4v) is 2.22. The van der Waals surface area contributed by atoms with E-state index in [0.29, 0.717) is 0 Å². The highest BCUT2D eigenvalue weighted by molar-refractivity contribution is 5.18. The number of aromatic nitrogens is 4. The molecule has 122 valence electrons. The van der Waals surface area contributed by atoms with Crippen LogP contribution in [0.15, 0.2) is 18.5 Å². The van der Waals surface area contributed by atoms with Crippen molar-refractivity contribution in [2.45, 2.75) is 65.5 Å². The summed E-state index contributed by atoms with van der Waals surface area (Å²) in [5.41, 5.74) is 4.17. The second-order valence-electron chi connectivity index (χ2n) is 7.91. The molecule has 1 aliphatic rings. The third-order valence-electron chi connectivity index (χ3n) is 3.80. The maximum Gasteiger partial charge on any atom is 0.0681 e. The van der Waals surface area contributed by atoms with Gasteiger partial charge in [0.25, 0.3) is 0 Å². The first-order valence-corrected chi connectivity index (χ1v) is 7.95. The molecule has 0 radical (unpaired) electrons. The highest BCUT2D eigenvalue weighted by Gasteiger charge is 2.20. The van der Waals surface area contributed by atoms with E-state index >= 15 is 0 Å². The Balaban J connectivity index is 0.000000172. The standard InChI is InChI=1S/C10H17N3.C7H12N2/c1-10(2,3)9-6-8-7-11-4-5-13(8)12-9;1-7(2,3)6-4-8-9-5-6/h6,11H,4-5,7H2,1-3H3;4-5H,1-3H3,(H,8,9). The highest BCUT2D eigenvalue weighted by Crippen LogP contribution is 2.22. The van der Waals surface area contributed by atoms with E-state index in [1.54, 1.807) is 0 Å². The first kappa shape index (κ1) is 16.7. The molecule has 0 unspecified atom stereocenters. The van der Waals surface area contributed by atoms with Gasteiger partial charge in [0.1, 0.15) is 0 Å². The van der Waals surface area contributed by atoms with Gasteiger partial charge in [-0.05, 0) is 17.0 Å². The molecule has 0 aliphatic carbocycles. The molecule has 22 heavy (non-hydrogen) atoms. The molecule has 0 spiro atoms. The lowest BCUT2D eigenvalue weighted by atomic mass is 9.90. The SMILES string of the molecule is CC(C)(C)c1cc2n(n1)CCNC2.CC(C)(C)c1cn[nH]c1. The van der Waals surface area contributed by atoms with E-state index in [1.807, 2.05) is 12.4 Å². The average molecular weight is 303 g/mol. The molecule has 0 fully saturated rings. The lowest BCUT2D eigenvalue weighted by molar-refractivity contribution is 0.463. The first-order chi connectivity index (χ1) is 10.2. The molecule has 2 aromatic heterocycles. The molecule has 0 atom stereocenters. The Morgan fingerprint density at radius 2 is 1.82 bits per heavy atom. The van der Waals surface area contributed by atoms with Crippen LogP contribution in [0.2, 0.25) is 0 Å². The molecule has 3 rings (SSSR count). The monoisotopic (exact) mass is 303 g/mol. The fraction of sp³-hybridized carbons (Fsp3) is 0.647. The lowest BCUT2D eigenvalue weighted by Crippen LogP contribution is -2.28. The zero-order valence-corrected chi connectivity index (χ0v) is 14.7. The van der Waals surface area contributed by atoms with Gasteiger partial charge >= 0.3 is 0 Å². The molecule has 1 aliphatic heterocycles. The Morgan fingerprint density at radius 1 is 1.09 bits per heavy atom. The number of rotatable bonds is 0. The molecule has 5 heteroatoms. The van der Waals surface area contributed by atoms with Gasteiger partial charge in [0, 0.05) is 24.7 Å². The van der Waals surface area contributed by atoms with Crippen molar-refractivity contribution in [1.82, 2.24) is 25.3 Å². The molecule has 0 saturated heterocycles. The predicted octanol–water partition coefficient (Wildman–Crippen LogP) is 2.99. The van der Waals surface area contributed by atoms with Crippen LogP contribution in [0.5, 0.6) is 0 Å². The van der Waals surface area contributed by atoms with Crippen molar-refractivity contribution in [2.24, 2.45) is 0 Å². The Morgan fingerprint density at radius 3 is 2.27 bits per heavy atom. The first-order valence-electron chi connectivity index (χ1n) is 7.95. The van der Waals surface area contributed by atoms with Gasteiger partial charge in [0.2, 0.25) is 0 Å². The molecular formula is C17H29N5.